The molecule has 0 fully saturated rings. The second-order valence-corrected chi connectivity index (χ2v) is 3.04. The van der Waals surface area contributed by atoms with Crippen LogP contribution in [0, 0.1) is 11.6 Å². The summed E-state index contributed by atoms with van der Waals surface area (Å²) in [6, 6.07) is 2.15. The zero-order valence-electron chi connectivity index (χ0n) is 7.29. The number of rotatable bonds is 2. The van der Waals surface area contributed by atoms with E-state index < -0.39 is 23.2 Å². The zero-order chi connectivity index (χ0) is 10.9. The van der Waals surface area contributed by atoms with Gasteiger partial charge in [0, 0.05) is 11.6 Å². The van der Waals surface area contributed by atoms with Crippen molar-refractivity contribution in [2.24, 2.45) is 0 Å². The third-order valence-corrected chi connectivity index (χ3v) is 1.84. The average molecular weight is 202 g/mol. The first kappa shape index (κ1) is 10.6. The maximum Gasteiger partial charge on any atom is 0.340 e. The van der Waals surface area contributed by atoms with Gasteiger partial charge in [0.15, 0.2) is 5.60 Å². The van der Waals surface area contributed by atoms with Gasteiger partial charge in [-0.1, -0.05) is 0 Å². The molecule has 0 aromatic heterocycles. The Balaban J connectivity index is 3.25. The van der Waals surface area contributed by atoms with E-state index >= 15 is 0 Å². The van der Waals surface area contributed by atoms with Crippen molar-refractivity contribution in [3.05, 3.63) is 35.4 Å². The van der Waals surface area contributed by atoms with Crippen molar-refractivity contribution in [3.63, 3.8) is 0 Å². The number of carbonyl (C=O) groups is 1. The Bertz CT molecular complexity index is 354. The minimum atomic E-state index is -2.29. The second kappa shape index (κ2) is 3.34. The van der Waals surface area contributed by atoms with Gasteiger partial charge in [-0.3, -0.25) is 0 Å². The summed E-state index contributed by atoms with van der Waals surface area (Å²) in [4.78, 5) is 10.5. The second-order valence-electron chi connectivity index (χ2n) is 3.04. The van der Waals surface area contributed by atoms with Crippen LogP contribution in [0.2, 0.25) is 0 Å². The normalized spacial score (nSPS) is 14.9. The van der Waals surface area contributed by atoms with Crippen LogP contribution in [0.1, 0.15) is 12.5 Å². The molecule has 0 spiro atoms. The fourth-order valence-electron chi connectivity index (χ4n) is 0.958. The summed E-state index contributed by atoms with van der Waals surface area (Å²) in [6.07, 6.45) is 0. The molecule has 0 saturated carbocycles. The number of carboxylic acids is 1. The molecule has 0 saturated heterocycles. The summed E-state index contributed by atoms with van der Waals surface area (Å²) in [7, 11) is 0. The van der Waals surface area contributed by atoms with Crippen molar-refractivity contribution in [1.82, 2.24) is 0 Å². The monoisotopic (exact) mass is 202 g/mol. The van der Waals surface area contributed by atoms with Crippen LogP contribution in [0.5, 0.6) is 0 Å². The van der Waals surface area contributed by atoms with Crippen LogP contribution in [-0.2, 0) is 10.4 Å². The van der Waals surface area contributed by atoms with E-state index in [9.17, 15) is 18.7 Å². The van der Waals surface area contributed by atoms with E-state index in [1.807, 2.05) is 0 Å². The van der Waals surface area contributed by atoms with Gasteiger partial charge in [0.2, 0.25) is 0 Å². The van der Waals surface area contributed by atoms with Gasteiger partial charge in [-0.25, -0.2) is 13.6 Å². The maximum atomic E-state index is 12.7. The van der Waals surface area contributed by atoms with Gasteiger partial charge in [-0.2, -0.15) is 0 Å². The van der Waals surface area contributed by atoms with E-state index in [0.717, 1.165) is 19.1 Å². The minimum Gasteiger partial charge on any atom is -0.479 e. The van der Waals surface area contributed by atoms with Crippen LogP contribution >= 0.6 is 0 Å². The first-order valence-corrected chi connectivity index (χ1v) is 3.76. The Kier molecular flexibility index (Phi) is 2.53. The molecular weight excluding hydrogens is 194 g/mol. The van der Waals surface area contributed by atoms with Gasteiger partial charge in [-0.15, -0.1) is 0 Å². The standard InChI is InChI=1S/C9H8F2O3/c1-9(14,8(12)13)5-2-6(10)4-7(11)3-5/h2-4,14H,1H3,(H,12,13)/t9-/m0/s1. The first-order chi connectivity index (χ1) is 6.34. The van der Waals surface area contributed by atoms with E-state index in [0.29, 0.717) is 6.07 Å². The Morgan fingerprint density at radius 3 is 2.07 bits per heavy atom. The molecule has 0 radical (unpaired) electrons. The maximum absolute atomic E-state index is 12.7. The van der Waals surface area contributed by atoms with Crippen molar-refractivity contribution >= 4 is 5.97 Å². The molecule has 5 heteroatoms. The molecule has 76 valence electrons. The van der Waals surface area contributed by atoms with Gasteiger partial charge >= 0.3 is 5.97 Å². The molecule has 1 aromatic rings. The van der Waals surface area contributed by atoms with Gasteiger partial charge in [-0.05, 0) is 19.1 Å². The third-order valence-electron chi connectivity index (χ3n) is 1.84. The van der Waals surface area contributed by atoms with Crippen molar-refractivity contribution in [1.29, 1.82) is 0 Å². The Hall–Kier alpha value is -1.49. The van der Waals surface area contributed by atoms with Gasteiger partial charge < -0.3 is 10.2 Å². The van der Waals surface area contributed by atoms with Crippen LogP contribution in [0.4, 0.5) is 8.78 Å². The summed E-state index contributed by atoms with van der Waals surface area (Å²) < 4.78 is 25.4. The lowest BCUT2D eigenvalue weighted by Gasteiger charge is -2.18. The Morgan fingerprint density at radius 2 is 1.71 bits per heavy atom. The number of halogens is 2. The summed E-state index contributed by atoms with van der Waals surface area (Å²) in [6.45, 7) is 0.948. The van der Waals surface area contributed by atoms with E-state index in [1.54, 1.807) is 0 Å². The Morgan fingerprint density at radius 1 is 1.29 bits per heavy atom. The highest BCUT2D eigenvalue weighted by Crippen LogP contribution is 2.22. The number of benzene rings is 1. The molecule has 1 atom stereocenters. The number of hydrogen-bond donors (Lipinski definition) is 2. The smallest absolute Gasteiger partial charge is 0.340 e. The Labute approximate surface area is 78.6 Å². The van der Waals surface area contributed by atoms with E-state index in [4.69, 9.17) is 5.11 Å². The molecule has 14 heavy (non-hydrogen) atoms. The molecule has 1 aromatic carbocycles. The highest BCUT2D eigenvalue weighted by molar-refractivity contribution is 5.78. The summed E-state index contributed by atoms with van der Waals surface area (Å²) in [5, 5.41) is 18.0. The molecule has 0 bridgehead atoms. The predicted octanol–water partition coefficient (Wildman–Crippen LogP) is 1.26. The SMILES string of the molecule is C[C@@](O)(C(=O)O)c1cc(F)cc(F)c1. The van der Waals surface area contributed by atoms with Crippen LogP contribution in [0.25, 0.3) is 0 Å². The topological polar surface area (TPSA) is 57.5 Å². The van der Waals surface area contributed by atoms with E-state index in [2.05, 4.69) is 0 Å². The molecule has 0 unspecified atom stereocenters. The quantitative estimate of drug-likeness (QED) is 0.758. The molecule has 0 aliphatic rings. The summed E-state index contributed by atoms with van der Waals surface area (Å²) >= 11 is 0. The molecule has 1 rings (SSSR count). The van der Waals surface area contributed by atoms with Crippen molar-refractivity contribution in [3.8, 4) is 0 Å². The van der Waals surface area contributed by atoms with Gasteiger partial charge in [0.05, 0.1) is 0 Å². The molecule has 0 aliphatic heterocycles. The summed E-state index contributed by atoms with van der Waals surface area (Å²) in [5.41, 5.74) is -2.62. The highest BCUT2D eigenvalue weighted by atomic mass is 19.1. The highest BCUT2D eigenvalue weighted by Gasteiger charge is 2.32. The lowest BCUT2D eigenvalue weighted by Crippen LogP contribution is -2.32. The van der Waals surface area contributed by atoms with Crippen molar-refractivity contribution in [2.75, 3.05) is 0 Å². The fourth-order valence-corrected chi connectivity index (χ4v) is 0.958. The first-order valence-electron chi connectivity index (χ1n) is 3.76. The molecule has 3 nitrogen and oxygen atoms in total. The van der Waals surface area contributed by atoms with Crippen LogP contribution in [0.15, 0.2) is 18.2 Å². The van der Waals surface area contributed by atoms with Gasteiger partial charge in [0.25, 0.3) is 0 Å². The third kappa shape index (κ3) is 1.88. The largest absolute Gasteiger partial charge is 0.479 e. The average Bonchev–Trinajstić information content (AvgIpc) is 2.01. The number of aliphatic hydroxyl groups is 1. The zero-order valence-corrected chi connectivity index (χ0v) is 7.29. The van der Waals surface area contributed by atoms with Gasteiger partial charge in [0.1, 0.15) is 11.6 Å². The molecule has 0 heterocycles. The lowest BCUT2D eigenvalue weighted by atomic mass is 9.96. The number of carboxylic acid groups (broad SMARTS) is 1. The lowest BCUT2D eigenvalue weighted by molar-refractivity contribution is -0.157. The minimum absolute atomic E-state index is 0.331. The van der Waals surface area contributed by atoms with Crippen LogP contribution in [0.3, 0.4) is 0 Å². The number of hydrogen-bond acceptors (Lipinski definition) is 2. The van der Waals surface area contributed by atoms with E-state index in [-0.39, 0.29) is 5.56 Å². The van der Waals surface area contributed by atoms with Crippen molar-refractivity contribution in [2.45, 2.75) is 12.5 Å². The van der Waals surface area contributed by atoms with Crippen LogP contribution in [-0.4, -0.2) is 16.2 Å². The fraction of sp³-hybridized carbons (Fsp3) is 0.222. The van der Waals surface area contributed by atoms with Crippen molar-refractivity contribution < 1.29 is 23.8 Å². The predicted molar refractivity (Wildman–Crippen MR) is 43.6 cm³/mol. The van der Waals surface area contributed by atoms with Crippen LogP contribution < -0.4 is 0 Å². The molecule has 0 aliphatic carbocycles. The molecule has 0 amide bonds. The number of aliphatic carboxylic acids is 1. The summed E-state index contributed by atoms with van der Waals surface area (Å²) in [5.74, 6) is -3.43. The molecular formula is C9H8F2O3. The van der Waals surface area contributed by atoms with E-state index in [1.165, 1.54) is 0 Å². The molecule has 2 N–H and O–H groups in total.